The summed E-state index contributed by atoms with van der Waals surface area (Å²) in [6.07, 6.45) is 3.02. The molecule has 0 aliphatic carbocycles. The molecular weight excluding hydrogens is 426 g/mol. The summed E-state index contributed by atoms with van der Waals surface area (Å²) in [7, 11) is 0. The largest absolute Gasteiger partial charge is 0.352 e. The third kappa shape index (κ3) is 4.41. The smallest absolute Gasteiger partial charge is 0.295 e. The lowest BCUT2D eigenvalue weighted by atomic mass is 9.95. The number of carbonyl (C=O) groups is 1. The molecule has 5 rings (SSSR count). The molecule has 3 heterocycles. The highest BCUT2D eigenvalue weighted by Gasteiger charge is 2.28. The molecule has 4 aromatic rings. The predicted molar refractivity (Wildman–Crippen MR) is 134 cm³/mol. The van der Waals surface area contributed by atoms with Gasteiger partial charge in [0.2, 0.25) is 5.91 Å². The minimum absolute atomic E-state index is 0.0334. The Morgan fingerprint density at radius 1 is 1.00 bits per heavy atom. The van der Waals surface area contributed by atoms with E-state index in [1.54, 1.807) is 10.8 Å². The first-order valence-electron chi connectivity index (χ1n) is 11.6. The Bertz CT molecular complexity index is 1370. The van der Waals surface area contributed by atoms with Gasteiger partial charge >= 0.3 is 0 Å². The first kappa shape index (κ1) is 21.8. The zero-order valence-electron chi connectivity index (χ0n) is 19.1. The summed E-state index contributed by atoms with van der Waals surface area (Å²) in [5, 5.41) is 3.06. The molecule has 0 saturated carbocycles. The van der Waals surface area contributed by atoms with Crippen molar-refractivity contribution in [3.05, 3.63) is 94.4 Å². The van der Waals surface area contributed by atoms with Crippen molar-refractivity contribution in [1.29, 1.82) is 0 Å². The SMILES string of the molecule is Cc1ccccc1NC(=O)C1CCN(c2nc3cccnc3n(Cc3ccccc3)c2=O)CC1. The van der Waals surface area contributed by atoms with Crippen LogP contribution in [0.2, 0.25) is 0 Å². The zero-order chi connectivity index (χ0) is 23.5. The lowest BCUT2D eigenvalue weighted by Crippen LogP contribution is -2.42. The molecule has 172 valence electrons. The van der Waals surface area contributed by atoms with Crippen LogP contribution in [0.5, 0.6) is 0 Å². The van der Waals surface area contributed by atoms with E-state index < -0.39 is 0 Å². The van der Waals surface area contributed by atoms with Crippen LogP contribution in [0, 0.1) is 12.8 Å². The average molecular weight is 454 g/mol. The molecular formula is C27H27N5O2. The number of benzene rings is 2. The molecule has 7 heteroatoms. The second kappa shape index (κ2) is 9.47. The second-order valence-electron chi connectivity index (χ2n) is 8.72. The molecule has 1 aliphatic heterocycles. The van der Waals surface area contributed by atoms with E-state index >= 15 is 0 Å². The highest BCUT2D eigenvalue weighted by Crippen LogP contribution is 2.24. The molecule has 1 N–H and O–H groups in total. The highest BCUT2D eigenvalue weighted by molar-refractivity contribution is 5.93. The zero-order valence-corrected chi connectivity index (χ0v) is 19.1. The quantitative estimate of drug-likeness (QED) is 0.494. The maximum absolute atomic E-state index is 13.5. The number of hydrogen-bond acceptors (Lipinski definition) is 5. The summed E-state index contributed by atoms with van der Waals surface area (Å²) < 4.78 is 1.70. The van der Waals surface area contributed by atoms with Crippen molar-refractivity contribution in [2.45, 2.75) is 26.3 Å². The van der Waals surface area contributed by atoms with Gasteiger partial charge in [0, 0.05) is 30.9 Å². The van der Waals surface area contributed by atoms with Gasteiger partial charge < -0.3 is 10.2 Å². The van der Waals surface area contributed by atoms with Crippen LogP contribution in [0.15, 0.2) is 77.7 Å². The van der Waals surface area contributed by atoms with Gasteiger partial charge in [0.05, 0.1) is 6.54 Å². The summed E-state index contributed by atoms with van der Waals surface area (Å²) in [6.45, 7) is 3.62. The molecule has 0 unspecified atom stereocenters. The molecule has 0 spiro atoms. The number of pyridine rings is 1. The van der Waals surface area contributed by atoms with Crippen LogP contribution < -0.4 is 15.8 Å². The van der Waals surface area contributed by atoms with E-state index in [2.05, 4.69) is 15.3 Å². The molecule has 1 aliphatic rings. The Morgan fingerprint density at radius 3 is 2.50 bits per heavy atom. The Labute approximate surface area is 198 Å². The molecule has 0 atom stereocenters. The number of amides is 1. The Balaban J connectivity index is 1.37. The van der Waals surface area contributed by atoms with Gasteiger partial charge in [0.15, 0.2) is 11.5 Å². The van der Waals surface area contributed by atoms with Crippen LogP contribution in [0.4, 0.5) is 11.5 Å². The second-order valence-corrected chi connectivity index (χ2v) is 8.72. The van der Waals surface area contributed by atoms with Crippen LogP contribution in [-0.4, -0.2) is 33.5 Å². The maximum Gasteiger partial charge on any atom is 0.295 e. The molecule has 34 heavy (non-hydrogen) atoms. The van der Waals surface area contributed by atoms with Crippen molar-refractivity contribution in [3.63, 3.8) is 0 Å². The molecule has 7 nitrogen and oxygen atoms in total. The number of nitrogens with zero attached hydrogens (tertiary/aromatic N) is 4. The van der Waals surface area contributed by atoms with Gasteiger partial charge in [-0.3, -0.25) is 14.2 Å². The van der Waals surface area contributed by atoms with Crippen LogP contribution in [0.1, 0.15) is 24.0 Å². The van der Waals surface area contributed by atoms with E-state index in [1.807, 2.05) is 78.6 Å². The number of rotatable bonds is 5. The number of anilines is 2. The lowest BCUT2D eigenvalue weighted by molar-refractivity contribution is -0.120. The fraction of sp³-hybridized carbons (Fsp3) is 0.259. The lowest BCUT2D eigenvalue weighted by Gasteiger charge is -2.32. The van der Waals surface area contributed by atoms with Gasteiger partial charge in [-0.15, -0.1) is 0 Å². The van der Waals surface area contributed by atoms with Crippen molar-refractivity contribution >= 4 is 28.6 Å². The van der Waals surface area contributed by atoms with Gasteiger partial charge in [-0.1, -0.05) is 48.5 Å². The van der Waals surface area contributed by atoms with Crippen molar-refractivity contribution in [2.24, 2.45) is 5.92 Å². The van der Waals surface area contributed by atoms with Gasteiger partial charge in [-0.25, -0.2) is 9.97 Å². The number of fused-ring (bicyclic) bond motifs is 1. The minimum atomic E-state index is -0.155. The summed E-state index contributed by atoms with van der Waals surface area (Å²) in [4.78, 5) is 37.5. The monoisotopic (exact) mass is 453 g/mol. The third-order valence-corrected chi connectivity index (χ3v) is 6.44. The number of aromatic nitrogens is 3. The van der Waals surface area contributed by atoms with Crippen LogP contribution in [0.3, 0.4) is 0 Å². The molecule has 0 radical (unpaired) electrons. The van der Waals surface area contributed by atoms with Crippen molar-refractivity contribution < 1.29 is 4.79 Å². The fourth-order valence-electron chi connectivity index (χ4n) is 4.48. The summed E-state index contributed by atoms with van der Waals surface area (Å²) in [5.41, 5.74) is 4.03. The standard InChI is InChI=1S/C27H27N5O2/c1-19-8-5-6-11-22(19)30-26(33)21-13-16-31(17-14-21)25-27(34)32(18-20-9-3-2-4-10-20)24-23(29-25)12-7-15-28-24/h2-12,15,21H,13-14,16-18H2,1H3,(H,30,33). The fourth-order valence-corrected chi connectivity index (χ4v) is 4.48. The molecule has 2 aromatic carbocycles. The number of hydrogen-bond donors (Lipinski definition) is 1. The Morgan fingerprint density at radius 2 is 1.74 bits per heavy atom. The van der Waals surface area contributed by atoms with Crippen molar-refractivity contribution in [2.75, 3.05) is 23.3 Å². The maximum atomic E-state index is 13.5. The summed E-state index contributed by atoms with van der Waals surface area (Å²) in [5.74, 6) is 0.366. The van der Waals surface area contributed by atoms with Gasteiger partial charge in [-0.2, -0.15) is 0 Å². The number of carbonyl (C=O) groups excluding carboxylic acids is 1. The third-order valence-electron chi connectivity index (χ3n) is 6.44. The van der Waals surface area contributed by atoms with Crippen molar-refractivity contribution in [3.8, 4) is 0 Å². The molecule has 1 fully saturated rings. The number of para-hydroxylation sites is 1. The van der Waals surface area contributed by atoms with Crippen LogP contribution >= 0.6 is 0 Å². The number of piperidine rings is 1. The number of aryl methyl sites for hydroxylation is 1. The predicted octanol–water partition coefficient (Wildman–Crippen LogP) is 4.00. The molecule has 1 saturated heterocycles. The first-order chi connectivity index (χ1) is 16.6. The van der Waals surface area contributed by atoms with E-state index in [9.17, 15) is 9.59 Å². The highest BCUT2D eigenvalue weighted by atomic mass is 16.2. The van der Waals surface area contributed by atoms with Crippen LogP contribution in [0.25, 0.3) is 11.2 Å². The molecule has 2 aromatic heterocycles. The van der Waals surface area contributed by atoms with E-state index in [0.717, 1.165) is 16.8 Å². The average Bonchev–Trinajstić information content (AvgIpc) is 2.87. The van der Waals surface area contributed by atoms with E-state index in [4.69, 9.17) is 0 Å². The van der Waals surface area contributed by atoms with Gasteiger partial charge in [-0.05, 0) is 49.1 Å². The first-order valence-corrected chi connectivity index (χ1v) is 11.6. The Hall–Kier alpha value is -4.00. The van der Waals surface area contributed by atoms with E-state index in [1.165, 1.54) is 0 Å². The van der Waals surface area contributed by atoms with Crippen molar-refractivity contribution in [1.82, 2.24) is 14.5 Å². The number of nitrogens with one attached hydrogen (secondary N) is 1. The normalized spacial score (nSPS) is 14.3. The summed E-state index contributed by atoms with van der Waals surface area (Å²) in [6, 6.07) is 21.4. The van der Waals surface area contributed by atoms with E-state index in [-0.39, 0.29) is 17.4 Å². The van der Waals surface area contributed by atoms with Gasteiger partial charge in [0.1, 0.15) is 5.52 Å². The molecule has 0 bridgehead atoms. The van der Waals surface area contributed by atoms with E-state index in [0.29, 0.717) is 49.5 Å². The topological polar surface area (TPSA) is 80.1 Å². The summed E-state index contributed by atoms with van der Waals surface area (Å²) >= 11 is 0. The van der Waals surface area contributed by atoms with Gasteiger partial charge in [0.25, 0.3) is 5.56 Å². The molecule has 1 amide bonds. The van der Waals surface area contributed by atoms with Crippen LogP contribution in [-0.2, 0) is 11.3 Å². The minimum Gasteiger partial charge on any atom is -0.352 e. The Kier molecular flexibility index (Phi) is 6.08.